The summed E-state index contributed by atoms with van der Waals surface area (Å²) in [6.45, 7) is 4.94. The molecular weight excluding hydrogens is 236 g/mol. The molecule has 1 rings (SSSR count). The van der Waals surface area contributed by atoms with Crippen LogP contribution in [0.15, 0.2) is 4.42 Å². The molecule has 6 nitrogen and oxygen atoms in total. The lowest BCUT2D eigenvalue weighted by molar-refractivity contribution is -0.119. The molecular formula is C12H14N2O4. The van der Waals surface area contributed by atoms with Crippen LogP contribution in [0, 0.1) is 24.2 Å². The van der Waals surface area contributed by atoms with Gasteiger partial charge in [0.15, 0.2) is 0 Å². The van der Waals surface area contributed by atoms with Gasteiger partial charge in [-0.05, 0) is 6.92 Å². The molecule has 0 saturated heterocycles. The Morgan fingerprint density at radius 3 is 2.50 bits per heavy atom. The van der Waals surface area contributed by atoms with Crippen molar-refractivity contribution in [2.24, 2.45) is 5.92 Å². The van der Waals surface area contributed by atoms with Crippen LogP contribution in [0.3, 0.4) is 0 Å². The number of carbonyl (C=O) groups excluding carboxylic acids is 2. The Labute approximate surface area is 105 Å². The lowest BCUT2D eigenvalue weighted by Crippen LogP contribution is -2.18. The van der Waals surface area contributed by atoms with Crippen molar-refractivity contribution >= 4 is 17.8 Å². The van der Waals surface area contributed by atoms with Gasteiger partial charge in [0.05, 0.1) is 7.11 Å². The van der Waals surface area contributed by atoms with Gasteiger partial charge in [0.2, 0.25) is 11.8 Å². The Morgan fingerprint density at radius 1 is 1.44 bits per heavy atom. The molecule has 0 saturated carbocycles. The number of ether oxygens (including phenoxy) is 1. The average Bonchev–Trinajstić information content (AvgIpc) is 2.63. The van der Waals surface area contributed by atoms with Gasteiger partial charge in [0, 0.05) is 5.92 Å². The Balaban J connectivity index is 3.20. The van der Waals surface area contributed by atoms with E-state index < -0.39 is 5.97 Å². The summed E-state index contributed by atoms with van der Waals surface area (Å²) < 4.78 is 9.79. The van der Waals surface area contributed by atoms with Gasteiger partial charge < -0.3 is 9.15 Å². The summed E-state index contributed by atoms with van der Waals surface area (Å²) in [5.74, 6) is -1.01. The van der Waals surface area contributed by atoms with E-state index in [0.717, 1.165) is 0 Å². The van der Waals surface area contributed by atoms with Crippen molar-refractivity contribution in [3.63, 3.8) is 0 Å². The Hall–Kier alpha value is -2.29. The van der Waals surface area contributed by atoms with Crippen molar-refractivity contribution in [2.45, 2.75) is 20.8 Å². The van der Waals surface area contributed by atoms with E-state index in [2.05, 4.69) is 10.1 Å². The van der Waals surface area contributed by atoms with Gasteiger partial charge in [-0.25, -0.2) is 4.79 Å². The highest BCUT2D eigenvalue weighted by Gasteiger charge is 2.25. The van der Waals surface area contributed by atoms with Crippen LogP contribution in [-0.4, -0.2) is 19.0 Å². The highest BCUT2D eigenvalue weighted by Crippen LogP contribution is 2.27. The molecule has 96 valence electrons. The number of furan rings is 1. The molecule has 0 atom stereocenters. The molecule has 18 heavy (non-hydrogen) atoms. The minimum atomic E-state index is -0.669. The van der Waals surface area contributed by atoms with Crippen LogP contribution >= 0.6 is 0 Å². The first-order chi connectivity index (χ1) is 8.42. The van der Waals surface area contributed by atoms with Crippen LogP contribution in [0.2, 0.25) is 0 Å². The van der Waals surface area contributed by atoms with Crippen molar-refractivity contribution in [2.75, 3.05) is 12.4 Å². The molecule has 0 spiro atoms. The van der Waals surface area contributed by atoms with Crippen molar-refractivity contribution in [1.82, 2.24) is 0 Å². The van der Waals surface area contributed by atoms with Crippen molar-refractivity contribution in [3.05, 3.63) is 16.9 Å². The number of hydrogen-bond acceptors (Lipinski definition) is 5. The van der Waals surface area contributed by atoms with E-state index in [1.54, 1.807) is 13.8 Å². The molecule has 1 amide bonds. The predicted molar refractivity (Wildman–Crippen MR) is 63.0 cm³/mol. The molecule has 0 aliphatic rings. The second-order valence-electron chi connectivity index (χ2n) is 3.98. The summed E-state index contributed by atoms with van der Waals surface area (Å²) in [5, 5.41) is 11.5. The summed E-state index contributed by atoms with van der Waals surface area (Å²) >= 11 is 0. The molecule has 0 aliphatic heterocycles. The molecule has 1 heterocycles. The second-order valence-corrected chi connectivity index (χ2v) is 3.98. The van der Waals surface area contributed by atoms with Gasteiger partial charge >= 0.3 is 5.97 Å². The van der Waals surface area contributed by atoms with E-state index in [1.165, 1.54) is 14.0 Å². The zero-order valence-corrected chi connectivity index (χ0v) is 10.7. The van der Waals surface area contributed by atoms with Gasteiger partial charge in [0.1, 0.15) is 23.0 Å². The summed E-state index contributed by atoms with van der Waals surface area (Å²) in [7, 11) is 1.21. The molecule has 0 fully saturated rings. The third-order valence-electron chi connectivity index (χ3n) is 2.35. The second kappa shape index (κ2) is 5.36. The van der Waals surface area contributed by atoms with Gasteiger partial charge in [0.25, 0.3) is 0 Å². The van der Waals surface area contributed by atoms with E-state index in [-0.39, 0.29) is 34.6 Å². The van der Waals surface area contributed by atoms with Gasteiger partial charge in [-0.2, -0.15) is 5.26 Å². The van der Waals surface area contributed by atoms with Crippen LogP contribution in [0.25, 0.3) is 0 Å². The first kappa shape index (κ1) is 13.8. The Kier molecular flexibility index (Phi) is 4.10. The van der Waals surface area contributed by atoms with Gasteiger partial charge in [-0.3, -0.25) is 10.1 Å². The third-order valence-corrected chi connectivity index (χ3v) is 2.35. The highest BCUT2D eigenvalue weighted by atomic mass is 16.5. The fourth-order valence-electron chi connectivity index (χ4n) is 1.34. The SMILES string of the molecule is COC(=O)c1c(C)oc(NC(=O)C(C)C)c1C#N. The maximum atomic E-state index is 11.5. The number of aryl methyl sites for hydroxylation is 1. The smallest absolute Gasteiger partial charge is 0.342 e. The van der Waals surface area contributed by atoms with E-state index in [1.807, 2.05) is 6.07 Å². The number of hydrogen-bond donors (Lipinski definition) is 1. The summed E-state index contributed by atoms with van der Waals surface area (Å²) in [6.07, 6.45) is 0. The minimum absolute atomic E-state index is 0.0194. The van der Waals surface area contributed by atoms with E-state index in [4.69, 9.17) is 9.68 Å². The zero-order chi connectivity index (χ0) is 13.9. The summed E-state index contributed by atoms with van der Waals surface area (Å²) in [4.78, 5) is 23.0. The van der Waals surface area contributed by atoms with Gasteiger partial charge in [-0.15, -0.1) is 0 Å². The molecule has 1 aromatic heterocycles. The topological polar surface area (TPSA) is 92.3 Å². The third kappa shape index (κ3) is 2.51. The molecule has 0 bridgehead atoms. The maximum Gasteiger partial charge on any atom is 0.342 e. The van der Waals surface area contributed by atoms with Crippen molar-refractivity contribution in [3.8, 4) is 6.07 Å². The number of nitrogens with one attached hydrogen (secondary N) is 1. The standard InChI is InChI=1S/C12H14N2O4/c1-6(2)10(15)14-11-8(5-13)9(7(3)18-11)12(16)17-4/h6H,1-4H3,(H,14,15). The van der Waals surface area contributed by atoms with Crippen molar-refractivity contribution in [1.29, 1.82) is 5.26 Å². The predicted octanol–water partition coefficient (Wildman–Crippen LogP) is 1.84. The molecule has 1 N–H and O–H groups in total. The van der Waals surface area contributed by atoms with Crippen LogP contribution in [-0.2, 0) is 9.53 Å². The summed E-state index contributed by atoms with van der Waals surface area (Å²) in [5.41, 5.74) is 0.0207. The first-order valence-electron chi connectivity index (χ1n) is 5.35. The lowest BCUT2D eigenvalue weighted by atomic mass is 10.1. The molecule has 0 radical (unpaired) electrons. The van der Waals surface area contributed by atoms with Gasteiger partial charge in [-0.1, -0.05) is 13.8 Å². The van der Waals surface area contributed by atoms with E-state index in [9.17, 15) is 9.59 Å². The normalized spacial score (nSPS) is 10.0. The number of amides is 1. The number of carbonyl (C=O) groups is 2. The molecule has 0 unspecified atom stereocenters. The number of esters is 1. The Bertz CT molecular complexity index is 523. The molecule has 6 heteroatoms. The number of anilines is 1. The molecule has 0 aromatic carbocycles. The first-order valence-corrected chi connectivity index (χ1v) is 5.35. The monoisotopic (exact) mass is 250 g/mol. The van der Waals surface area contributed by atoms with Crippen LogP contribution < -0.4 is 5.32 Å². The number of nitrogens with zero attached hydrogens (tertiary/aromatic N) is 1. The van der Waals surface area contributed by atoms with Crippen molar-refractivity contribution < 1.29 is 18.7 Å². The largest absolute Gasteiger partial charge is 0.465 e. The molecule has 1 aromatic rings. The fraction of sp³-hybridized carbons (Fsp3) is 0.417. The van der Waals surface area contributed by atoms with Crippen LogP contribution in [0.1, 0.15) is 35.5 Å². The highest BCUT2D eigenvalue weighted by molar-refractivity contribution is 5.98. The maximum absolute atomic E-state index is 11.5. The Morgan fingerprint density at radius 2 is 2.06 bits per heavy atom. The van der Waals surface area contributed by atoms with Crippen LogP contribution in [0.4, 0.5) is 5.88 Å². The average molecular weight is 250 g/mol. The number of nitriles is 1. The minimum Gasteiger partial charge on any atom is -0.465 e. The zero-order valence-electron chi connectivity index (χ0n) is 10.7. The number of methoxy groups -OCH3 is 1. The van der Waals surface area contributed by atoms with Crippen LogP contribution in [0.5, 0.6) is 0 Å². The lowest BCUT2D eigenvalue weighted by Gasteiger charge is -2.04. The molecule has 0 aliphatic carbocycles. The van der Waals surface area contributed by atoms with E-state index >= 15 is 0 Å². The summed E-state index contributed by atoms with van der Waals surface area (Å²) in [6, 6.07) is 1.84. The van der Waals surface area contributed by atoms with E-state index in [0.29, 0.717) is 0 Å². The fourth-order valence-corrected chi connectivity index (χ4v) is 1.34. The number of rotatable bonds is 3. The quantitative estimate of drug-likeness (QED) is 0.826.